The van der Waals surface area contributed by atoms with Crippen LogP contribution in [0.1, 0.15) is 106 Å². The number of ether oxygens (including phenoxy) is 2. The Morgan fingerprint density at radius 2 is 1.62 bits per heavy atom. The summed E-state index contributed by atoms with van der Waals surface area (Å²) in [7, 11) is 2.17. The molecule has 0 aromatic carbocycles. The third kappa shape index (κ3) is 4.36. The standard InChI is InChI=1S/C37H61NO4/c1-25(2)26-11-16-37(24-39)18-17-35(6)27(32(26)37)9-10-29-34(5)14-13-30(33(3,4)28(34)12-15-36(29,35)7)42-31(40)23-38(8)19-21-41-22-20-38/h26-30,32H,1,9-24H2,2-8H3/t26-,27?,28?,29?,30-,32?,34-,35+,36+,37+/m0/s1. The Morgan fingerprint density at radius 1 is 0.905 bits per heavy atom. The van der Waals surface area contributed by atoms with Crippen molar-refractivity contribution in [2.24, 2.45) is 56.7 Å². The van der Waals surface area contributed by atoms with E-state index in [1.165, 1.54) is 44.1 Å². The van der Waals surface area contributed by atoms with Gasteiger partial charge in [-0.05, 0) is 122 Å². The Hall–Kier alpha value is -0.910. The van der Waals surface area contributed by atoms with Crippen LogP contribution in [0.4, 0.5) is 0 Å². The molecule has 1 aliphatic heterocycles. The number of rotatable bonds is 5. The van der Waals surface area contributed by atoms with Gasteiger partial charge in [0, 0.05) is 5.41 Å². The molecule has 42 heavy (non-hydrogen) atoms. The van der Waals surface area contributed by atoms with Gasteiger partial charge in [0.1, 0.15) is 19.2 Å². The van der Waals surface area contributed by atoms with Crippen LogP contribution in [0.5, 0.6) is 0 Å². The van der Waals surface area contributed by atoms with Crippen molar-refractivity contribution in [3.8, 4) is 0 Å². The first kappa shape index (κ1) is 31.1. The minimum Gasteiger partial charge on any atom is -0.854 e. The van der Waals surface area contributed by atoms with E-state index in [-0.39, 0.29) is 45.8 Å². The minimum atomic E-state index is -0.0356. The second kappa shape index (κ2) is 10.3. The summed E-state index contributed by atoms with van der Waals surface area (Å²) in [6.45, 7) is 23.2. The van der Waals surface area contributed by atoms with E-state index in [1.807, 2.05) is 0 Å². The molecule has 238 valence electrons. The fraction of sp³-hybridized carbons (Fsp3) is 0.919. The molecule has 0 aromatic rings. The van der Waals surface area contributed by atoms with Gasteiger partial charge in [-0.15, -0.1) is 6.61 Å². The van der Waals surface area contributed by atoms with Crippen molar-refractivity contribution in [2.75, 3.05) is 46.5 Å². The number of carbonyl (C=O) groups excluding carboxylic acids is 1. The maximum atomic E-state index is 13.3. The van der Waals surface area contributed by atoms with Gasteiger partial charge in [-0.1, -0.05) is 46.8 Å². The molecule has 0 aromatic heterocycles. The van der Waals surface area contributed by atoms with E-state index in [0.29, 0.717) is 36.1 Å². The summed E-state index contributed by atoms with van der Waals surface area (Å²) in [5, 5.41) is 12.9. The number of esters is 1. The van der Waals surface area contributed by atoms with Crippen molar-refractivity contribution in [3.63, 3.8) is 0 Å². The molecule has 5 aliphatic carbocycles. The number of hydrogen-bond acceptors (Lipinski definition) is 4. The van der Waals surface area contributed by atoms with Gasteiger partial charge in [-0.2, -0.15) is 0 Å². The smallest absolute Gasteiger partial charge is 0.362 e. The summed E-state index contributed by atoms with van der Waals surface area (Å²) < 4.78 is 12.7. The van der Waals surface area contributed by atoms with E-state index in [4.69, 9.17) is 9.47 Å². The van der Waals surface area contributed by atoms with Gasteiger partial charge in [0.05, 0.1) is 20.3 Å². The fourth-order valence-electron chi connectivity index (χ4n) is 13.2. The molecule has 0 radical (unpaired) electrons. The van der Waals surface area contributed by atoms with E-state index in [2.05, 4.69) is 55.2 Å². The molecule has 10 atom stereocenters. The van der Waals surface area contributed by atoms with Gasteiger partial charge in [-0.25, -0.2) is 4.79 Å². The third-order valence-corrected chi connectivity index (χ3v) is 15.8. The van der Waals surface area contributed by atoms with Crippen LogP contribution in [-0.2, 0) is 14.3 Å². The Labute approximate surface area is 256 Å². The Bertz CT molecular complexity index is 1080. The largest absolute Gasteiger partial charge is 0.854 e. The molecule has 4 unspecified atom stereocenters. The predicted octanol–water partition coefficient (Wildman–Crippen LogP) is 6.39. The molecule has 6 fully saturated rings. The summed E-state index contributed by atoms with van der Waals surface area (Å²) in [5.74, 6) is 2.91. The lowest BCUT2D eigenvalue weighted by Crippen LogP contribution is -2.67. The van der Waals surface area contributed by atoms with Crippen molar-refractivity contribution >= 4 is 5.97 Å². The first-order valence-electron chi connectivity index (χ1n) is 17.5. The Balaban J connectivity index is 1.23. The molecule has 6 rings (SSSR count). The van der Waals surface area contributed by atoms with Crippen molar-refractivity contribution in [3.05, 3.63) is 12.2 Å². The van der Waals surface area contributed by atoms with E-state index in [1.54, 1.807) is 0 Å². The summed E-state index contributed by atoms with van der Waals surface area (Å²) in [4.78, 5) is 13.3. The number of fused-ring (bicyclic) bond motifs is 7. The summed E-state index contributed by atoms with van der Waals surface area (Å²) in [6.07, 6.45) is 11.8. The SMILES string of the molecule is C=C(C)[C@@H]1CC[C@]2(C[O-])CC[C@]3(C)C(CCC4[C@@]5(C)CC[C@H](OC(=O)C[N+]6(C)CCOCC6)C(C)(C)C5CC[C@]43C)C12. The molecule has 1 saturated heterocycles. The molecule has 0 amide bonds. The van der Waals surface area contributed by atoms with Crippen LogP contribution in [0, 0.1) is 56.7 Å². The minimum absolute atomic E-state index is 0.00243. The van der Waals surface area contributed by atoms with Crippen LogP contribution in [0.2, 0.25) is 0 Å². The second-order valence-corrected chi connectivity index (χ2v) is 17.9. The molecule has 5 nitrogen and oxygen atoms in total. The van der Waals surface area contributed by atoms with Gasteiger partial charge in [0.15, 0.2) is 6.54 Å². The summed E-state index contributed by atoms with van der Waals surface area (Å²) in [6, 6.07) is 0. The van der Waals surface area contributed by atoms with Crippen LogP contribution in [0.3, 0.4) is 0 Å². The number of hydrogen-bond donors (Lipinski definition) is 0. The van der Waals surface area contributed by atoms with Gasteiger partial charge in [-0.3, -0.25) is 0 Å². The van der Waals surface area contributed by atoms with Crippen LogP contribution >= 0.6 is 0 Å². The molecule has 5 heteroatoms. The lowest BCUT2D eigenvalue weighted by atomic mass is 9.32. The van der Waals surface area contributed by atoms with Crippen LogP contribution in [-0.4, -0.2) is 63.1 Å². The van der Waals surface area contributed by atoms with E-state index in [9.17, 15) is 9.90 Å². The molecule has 5 saturated carbocycles. The average molecular weight is 584 g/mol. The molecule has 0 bridgehead atoms. The van der Waals surface area contributed by atoms with Crippen molar-refractivity contribution in [1.82, 2.24) is 0 Å². The van der Waals surface area contributed by atoms with Crippen molar-refractivity contribution < 1.29 is 23.9 Å². The lowest BCUT2D eigenvalue weighted by molar-refractivity contribution is -0.910. The van der Waals surface area contributed by atoms with Crippen LogP contribution in [0.15, 0.2) is 12.2 Å². The van der Waals surface area contributed by atoms with Gasteiger partial charge < -0.3 is 19.1 Å². The Morgan fingerprint density at radius 3 is 2.29 bits per heavy atom. The molecule has 1 heterocycles. The van der Waals surface area contributed by atoms with Gasteiger partial charge in [0.25, 0.3) is 0 Å². The average Bonchev–Trinajstić information content (AvgIpc) is 3.31. The molecule has 6 aliphatic rings. The molecular weight excluding hydrogens is 522 g/mol. The summed E-state index contributed by atoms with van der Waals surface area (Å²) >= 11 is 0. The van der Waals surface area contributed by atoms with E-state index in [0.717, 1.165) is 56.5 Å². The first-order chi connectivity index (χ1) is 19.7. The predicted molar refractivity (Wildman–Crippen MR) is 165 cm³/mol. The number of nitrogens with zero attached hydrogens (tertiary/aromatic N) is 1. The maximum Gasteiger partial charge on any atom is 0.362 e. The quantitative estimate of drug-likeness (QED) is 0.214. The third-order valence-electron chi connectivity index (χ3n) is 15.8. The number of morpholine rings is 1. The zero-order chi connectivity index (χ0) is 30.3. The van der Waals surface area contributed by atoms with E-state index < -0.39 is 0 Å². The van der Waals surface area contributed by atoms with Crippen molar-refractivity contribution in [1.29, 1.82) is 0 Å². The number of allylic oxidation sites excluding steroid dienone is 1. The first-order valence-corrected chi connectivity index (χ1v) is 17.5. The Kier molecular flexibility index (Phi) is 7.63. The lowest BCUT2D eigenvalue weighted by Gasteiger charge is -2.73. The highest BCUT2D eigenvalue weighted by molar-refractivity contribution is 5.71. The number of carbonyl (C=O) groups is 1. The normalized spacial score (nSPS) is 49.1. The highest BCUT2D eigenvalue weighted by Crippen LogP contribution is 2.77. The topological polar surface area (TPSA) is 58.6 Å². The summed E-state index contributed by atoms with van der Waals surface area (Å²) in [5.41, 5.74) is 2.10. The van der Waals surface area contributed by atoms with Gasteiger partial charge in [0.2, 0.25) is 0 Å². The highest BCUT2D eigenvalue weighted by atomic mass is 16.5. The highest BCUT2D eigenvalue weighted by Gasteiger charge is 2.70. The zero-order valence-electron chi connectivity index (χ0n) is 28.1. The monoisotopic (exact) mass is 583 g/mol. The molecular formula is C37H61NO4. The fourth-order valence-corrected chi connectivity index (χ4v) is 13.2. The number of likely N-dealkylation sites (N-methyl/N-ethyl adjacent to an activating group) is 1. The maximum absolute atomic E-state index is 13.3. The van der Waals surface area contributed by atoms with Crippen LogP contribution in [0.25, 0.3) is 0 Å². The molecule has 0 N–H and O–H groups in total. The second-order valence-electron chi connectivity index (χ2n) is 17.9. The van der Waals surface area contributed by atoms with Gasteiger partial charge >= 0.3 is 5.97 Å². The van der Waals surface area contributed by atoms with Crippen molar-refractivity contribution in [2.45, 2.75) is 112 Å². The number of quaternary nitrogens is 1. The van der Waals surface area contributed by atoms with Crippen LogP contribution < -0.4 is 5.11 Å². The molecule has 0 spiro atoms. The van der Waals surface area contributed by atoms with E-state index >= 15 is 0 Å². The zero-order valence-corrected chi connectivity index (χ0v) is 28.1.